The van der Waals surface area contributed by atoms with Gasteiger partial charge in [-0.15, -0.1) is 0 Å². The van der Waals surface area contributed by atoms with Gasteiger partial charge in [0.2, 0.25) is 0 Å². The second-order valence-corrected chi connectivity index (χ2v) is 8.54. The van der Waals surface area contributed by atoms with Gasteiger partial charge >= 0.3 is 5.97 Å². The lowest BCUT2D eigenvalue weighted by Crippen LogP contribution is -2.10. The predicted molar refractivity (Wildman–Crippen MR) is 107 cm³/mol. The molecule has 0 aliphatic heterocycles. The number of carbonyl (C=O) groups excluding carboxylic acids is 1. The molecule has 26 heavy (non-hydrogen) atoms. The highest BCUT2D eigenvalue weighted by Gasteiger charge is 2.61. The molecule has 0 amide bonds. The van der Waals surface area contributed by atoms with Crippen LogP contribution in [0.5, 0.6) is 0 Å². The first-order valence-corrected chi connectivity index (χ1v) is 9.47. The standard InChI is InChI=1S/C21H19Cl3O2/c1-21(2)17(11-18(23)24)19(21)20(25)26-12-13-5-3-6-14(9-13)15-7-4-8-16(22)10-15/h3-11,17,19H,12H2,1-2H3. The molecular formula is C21H19Cl3O2. The normalized spacial score (nSPS) is 20.3. The Bertz CT molecular complexity index is 854. The lowest BCUT2D eigenvalue weighted by molar-refractivity contribution is -0.147. The molecule has 2 atom stereocenters. The molecule has 0 N–H and O–H groups in total. The van der Waals surface area contributed by atoms with E-state index in [1.165, 1.54) is 0 Å². The number of carbonyl (C=O) groups is 1. The summed E-state index contributed by atoms with van der Waals surface area (Å²) in [5.41, 5.74) is 2.80. The van der Waals surface area contributed by atoms with E-state index in [1.807, 2.05) is 62.4 Å². The molecule has 2 nitrogen and oxygen atoms in total. The Balaban J connectivity index is 1.66. The molecule has 0 bridgehead atoms. The molecule has 5 heteroatoms. The van der Waals surface area contributed by atoms with Gasteiger partial charge in [0.05, 0.1) is 5.92 Å². The molecule has 2 unspecified atom stereocenters. The Kier molecular flexibility index (Phi) is 5.67. The fourth-order valence-electron chi connectivity index (χ4n) is 3.33. The van der Waals surface area contributed by atoms with Gasteiger partial charge in [-0.1, -0.05) is 79.0 Å². The van der Waals surface area contributed by atoms with Crippen molar-refractivity contribution in [2.75, 3.05) is 0 Å². The maximum Gasteiger partial charge on any atom is 0.310 e. The van der Waals surface area contributed by atoms with Gasteiger partial charge in [-0.05, 0) is 52.3 Å². The van der Waals surface area contributed by atoms with E-state index in [2.05, 4.69) is 0 Å². The monoisotopic (exact) mass is 408 g/mol. The Hall–Kier alpha value is -1.48. The van der Waals surface area contributed by atoms with E-state index in [4.69, 9.17) is 39.5 Å². The van der Waals surface area contributed by atoms with Crippen LogP contribution in [0.4, 0.5) is 0 Å². The van der Waals surface area contributed by atoms with Crippen LogP contribution in [0, 0.1) is 17.3 Å². The van der Waals surface area contributed by atoms with Crippen molar-refractivity contribution in [2.24, 2.45) is 17.3 Å². The number of ether oxygens (including phenoxy) is 1. The zero-order chi connectivity index (χ0) is 18.9. The van der Waals surface area contributed by atoms with Crippen LogP contribution in [-0.4, -0.2) is 5.97 Å². The maximum atomic E-state index is 12.4. The van der Waals surface area contributed by atoms with Crippen molar-refractivity contribution in [3.05, 3.63) is 69.7 Å². The maximum absolute atomic E-state index is 12.4. The van der Waals surface area contributed by atoms with E-state index in [0.717, 1.165) is 16.7 Å². The Morgan fingerprint density at radius 1 is 1.12 bits per heavy atom. The van der Waals surface area contributed by atoms with Crippen molar-refractivity contribution >= 4 is 40.8 Å². The van der Waals surface area contributed by atoms with Crippen LogP contribution in [0.15, 0.2) is 59.1 Å². The molecule has 0 saturated heterocycles. The summed E-state index contributed by atoms with van der Waals surface area (Å²) < 4.78 is 5.72. The number of hydrogen-bond acceptors (Lipinski definition) is 2. The SMILES string of the molecule is CC1(C)C(C=C(Cl)Cl)C1C(=O)OCc1cccc(-c2cccc(Cl)c2)c1. The van der Waals surface area contributed by atoms with E-state index >= 15 is 0 Å². The first-order valence-electron chi connectivity index (χ1n) is 8.33. The third-order valence-corrected chi connectivity index (χ3v) is 5.42. The smallest absolute Gasteiger partial charge is 0.310 e. The van der Waals surface area contributed by atoms with Crippen molar-refractivity contribution in [3.8, 4) is 11.1 Å². The molecule has 0 radical (unpaired) electrons. The van der Waals surface area contributed by atoms with Gasteiger partial charge in [0, 0.05) is 5.02 Å². The number of hydrogen-bond donors (Lipinski definition) is 0. The highest BCUT2D eigenvalue weighted by Crippen LogP contribution is 2.60. The lowest BCUT2D eigenvalue weighted by atomic mass is 10.0. The van der Waals surface area contributed by atoms with Crippen molar-refractivity contribution in [2.45, 2.75) is 20.5 Å². The molecule has 0 aromatic heterocycles. The average molecular weight is 410 g/mol. The summed E-state index contributed by atoms with van der Waals surface area (Å²) in [5.74, 6) is -0.428. The lowest BCUT2D eigenvalue weighted by Gasteiger charge is -2.08. The molecular weight excluding hydrogens is 391 g/mol. The van der Waals surface area contributed by atoms with Crippen LogP contribution >= 0.6 is 34.8 Å². The summed E-state index contributed by atoms with van der Waals surface area (Å²) in [6, 6.07) is 15.5. The highest BCUT2D eigenvalue weighted by atomic mass is 35.5. The minimum atomic E-state index is -0.223. The third-order valence-electron chi connectivity index (χ3n) is 4.94. The minimum Gasteiger partial charge on any atom is -0.461 e. The molecule has 1 aliphatic rings. The van der Waals surface area contributed by atoms with E-state index in [1.54, 1.807) is 6.08 Å². The van der Waals surface area contributed by atoms with Gasteiger partial charge in [-0.2, -0.15) is 0 Å². The van der Waals surface area contributed by atoms with Crippen molar-refractivity contribution in [1.29, 1.82) is 0 Å². The molecule has 136 valence electrons. The molecule has 0 heterocycles. The predicted octanol–water partition coefficient (Wildman–Crippen LogP) is 6.64. The Morgan fingerprint density at radius 2 is 1.77 bits per heavy atom. The van der Waals surface area contributed by atoms with Crippen LogP contribution in [-0.2, 0) is 16.1 Å². The number of benzene rings is 2. The van der Waals surface area contributed by atoms with Crippen LogP contribution in [0.3, 0.4) is 0 Å². The topological polar surface area (TPSA) is 26.3 Å². The summed E-state index contributed by atoms with van der Waals surface area (Å²) in [4.78, 5) is 12.4. The van der Waals surface area contributed by atoms with Gasteiger partial charge in [-0.3, -0.25) is 4.79 Å². The van der Waals surface area contributed by atoms with E-state index in [0.29, 0.717) is 5.02 Å². The van der Waals surface area contributed by atoms with Gasteiger partial charge < -0.3 is 4.74 Å². The molecule has 0 spiro atoms. The van der Waals surface area contributed by atoms with E-state index < -0.39 is 0 Å². The Labute approximate surface area is 168 Å². The fourth-order valence-corrected chi connectivity index (χ4v) is 3.79. The van der Waals surface area contributed by atoms with E-state index in [-0.39, 0.29) is 34.3 Å². The van der Waals surface area contributed by atoms with Crippen LogP contribution < -0.4 is 0 Å². The number of halogens is 3. The number of rotatable bonds is 5. The van der Waals surface area contributed by atoms with Gasteiger partial charge in [-0.25, -0.2) is 0 Å². The molecule has 1 fully saturated rings. The summed E-state index contributed by atoms with van der Waals surface area (Å²) in [6.45, 7) is 4.25. The fraction of sp³-hybridized carbons (Fsp3) is 0.286. The molecule has 2 aromatic rings. The van der Waals surface area contributed by atoms with Crippen molar-refractivity contribution in [1.82, 2.24) is 0 Å². The molecule has 3 rings (SSSR count). The second-order valence-electron chi connectivity index (χ2n) is 7.10. The minimum absolute atomic E-state index is 0.0118. The molecule has 1 saturated carbocycles. The zero-order valence-electron chi connectivity index (χ0n) is 14.5. The summed E-state index contributed by atoms with van der Waals surface area (Å²) >= 11 is 17.5. The summed E-state index contributed by atoms with van der Waals surface area (Å²) in [7, 11) is 0. The largest absolute Gasteiger partial charge is 0.461 e. The zero-order valence-corrected chi connectivity index (χ0v) is 16.8. The van der Waals surface area contributed by atoms with Crippen LogP contribution in [0.25, 0.3) is 11.1 Å². The van der Waals surface area contributed by atoms with E-state index in [9.17, 15) is 4.79 Å². The molecule has 1 aliphatic carbocycles. The second kappa shape index (κ2) is 7.64. The molecule has 2 aromatic carbocycles. The van der Waals surface area contributed by atoms with Gasteiger partial charge in [0.1, 0.15) is 11.1 Å². The van der Waals surface area contributed by atoms with Gasteiger partial charge in [0.15, 0.2) is 0 Å². The third kappa shape index (κ3) is 4.25. The number of allylic oxidation sites excluding steroid dienone is 1. The highest BCUT2D eigenvalue weighted by molar-refractivity contribution is 6.55. The number of esters is 1. The van der Waals surface area contributed by atoms with Crippen molar-refractivity contribution in [3.63, 3.8) is 0 Å². The quantitative estimate of drug-likeness (QED) is 0.517. The average Bonchev–Trinajstić information content (AvgIpc) is 3.12. The first-order chi connectivity index (χ1) is 12.3. The van der Waals surface area contributed by atoms with Crippen LogP contribution in [0.1, 0.15) is 19.4 Å². The Morgan fingerprint density at radius 3 is 2.42 bits per heavy atom. The van der Waals surface area contributed by atoms with Crippen LogP contribution in [0.2, 0.25) is 5.02 Å². The first kappa shape index (κ1) is 19.3. The summed E-state index contributed by atoms with van der Waals surface area (Å²) in [6.07, 6.45) is 1.72. The van der Waals surface area contributed by atoms with Gasteiger partial charge in [0.25, 0.3) is 0 Å². The summed E-state index contributed by atoms with van der Waals surface area (Å²) in [5, 5.41) is 0.687. The van der Waals surface area contributed by atoms with Crippen molar-refractivity contribution < 1.29 is 9.53 Å².